The maximum Gasteiger partial charge on any atom is 0.276 e. The first kappa shape index (κ1) is 19.9. The third-order valence-corrected chi connectivity index (χ3v) is 5.26. The minimum Gasteiger partial charge on any atom is -0.331 e. The van der Waals surface area contributed by atoms with Crippen molar-refractivity contribution in [2.45, 2.75) is 13.1 Å². The van der Waals surface area contributed by atoms with Crippen LogP contribution in [0.2, 0.25) is 10.0 Å². The zero-order valence-corrected chi connectivity index (χ0v) is 17.0. The number of rotatable bonds is 3. The summed E-state index contributed by atoms with van der Waals surface area (Å²) in [5.41, 5.74) is 0.689. The van der Waals surface area contributed by atoms with Gasteiger partial charge in [-0.3, -0.25) is 19.5 Å². The van der Waals surface area contributed by atoms with E-state index in [0.29, 0.717) is 16.4 Å². The van der Waals surface area contributed by atoms with Gasteiger partial charge in [0.2, 0.25) is 11.9 Å². The monoisotopic (exact) mass is 444 g/mol. The van der Waals surface area contributed by atoms with Crippen molar-refractivity contribution >= 4 is 46.5 Å². The van der Waals surface area contributed by atoms with E-state index < -0.39 is 16.6 Å². The second-order valence-electron chi connectivity index (χ2n) is 6.46. The van der Waals surface area contributed by atoms with E-state index in [4.69, 9.17) is 23.2 Å². The average molecular weight is 445 g/mol. The number of guanidine groups is 1. The number of fused-ring (bicyclic) bond motifs is 1. The molecule has 0 saturated carbocycles. The lowest BCUT2D eigenvalue weighted by Gasteiger charge is -2.28. The number of para-hydroxylation sites is 1. The predicted octanol–water partition coefficient (Wildman–Crippen LogP) is 4.02. The molecule has 2 N–H and O–H groups in total. The zero-order valence-electron chi connectivity index (χ0n) is 15.5. The van der Waals surface area contributed by atoms with Gasteiger partial charge in [0.15, 0.2) is 0 Å². The van der Waals surface area contributed by atoms with E-state index in [1.54, 1.807) is 43.3 Å². The van der Waals surface area contributed by atoms with E-state index in [2.05, 4.69) is 20.6 Å². The van der Waals surface area contributed by atoms with Crippen LogP contribution in [0.3, 0.4) is 0 Å². The third kappa shape index (κ3) is 3.60. The van der Waals surface area contributed by atoms with Crippen molar-refractivity contribution in [3.05, 3.63) is 90.3 Å². The Morgan fingerprint density at radius 1 is 1.20 bits per heavy atom. The Morgan fingerprint density at radius 2 is 1.97 bits per heavy atom. The number of nitrogens with zero attached hydrogens (tertiary/aromatic N) is 4. The highest BCUT2D eigenvalue weighted by molar-refractivity contribution is 6.44. The van der Waals surface area contributed by atoms with Crippen LogP contribution in [0, 0.1) is 17.0 Å². The van der Waals surface area contributed by atoms with E-state index in [9.17, 15) is 14.9 Å². The predicted molar refractivity (Wildman–Crippen MR) is 115 cm³/mol. The van der Waals surface area contributed by atoms with Crippen LogP contribution >= 0.6 is 23.2 Å². The van der Waals surface area contributed by atoms with Gasteiger partial charge >= 0.3 is 0 Å². The lowest BCUT2D eigenvalue weighted by Crippen LogP contribution is -2.44. The highest BCUT2D eigenvalue weighted by Gasteiger charge is 2.30. The van der Waals surface area contributed by atoms with Crippen LogP contribution in [-0.4, -0.2) is 20.4 Å². The third-order valence-electron chi connectivity index (χ3n) is 4.44. The van der Waals surface area contributed by atoms with Crippen LogP contribution in [-0.2, 0) is 0 Å². The smallest absolute Gasteiger partial charge is 0.276 e. The summed E-state index contributed by atoms with van der Waals surface area (Å²) in [5, 5.41) is 18.2. The van der Waals surface area contributed by atoms with E-state index in [0.717, 1.165) is 0 Å². The van der Waals surface area contributed by atoms with Gasteiger partial charge in [0, 0.05) is 17.8 Å². The fourth-order valence-corrected chi connectivity index (χ4v) is 3.48. The highest BCUT2D eigenvalue weighted by Crippen LogP contribution is 2.32. The number of benzene rings is 2. The first-order valence-corrected chi connectivity index (χ1v) is 9.50. The lowest BCUT2D eigenvalue weighted by molar-refractivity contribution is -0.385. The number of hydrogen-bond donors (Lipinski definition) is 2. The number of aryl methyl sites for hydroxylation is 1. The van der Waals surface area contributed by atoms with Crippen molar-refractivity contribution < 1.29 is 4.92 Å². The SMILES string of the molecule is Cc1cc(=O)n2c(n1)N=C(Nc1cccc(Cl)c1Cl)NC2c1ccccc1[N+](=O)[O-]. The minimum absolute atomic E-state index is 0.0996. The molecule has 1 unspecified atom stereocenters. The number of aliphatic imine (C=N–C) groups is 1. The van der Waals surface area contributed by atoms with Crippen LogP contribution < -0.4 is 16.2 Å². The molecule has 2 aromatic carbocycles. The minimum atomic E-state index is -0.917. The van der Waals surface area contributed by atoms with Gasteiger partial charge in [-0.05, 0) is 25.1 Å². The number of nitro benzene ring substituents is 1. The molecule has 1 aromatic heterocycles. The molecule has 4 rings (SSSR count). The Hall–Kier alpha value is -3.43. The van der Waals surface area contributed by atoms with Crippen LogP contribution in [0.15, 0.2) is 58.3 Å². The fourth-order valence-electron chi connectivity index (χ4n) is 3.13. The van der Waals surface area contributed by atoms with E-state index in [1.165, 1.54) is 16.7 Å². The molecule has 3 aromatic rings. The number of anilines is 1. The molecule has 9 nitrogen and oxygen atoms in total. The van der Waals surface area contributed by atoms with E-state index in [-0.39, 0.29) is 28.2 Å². The highest BCUT2D eigenvalue weighted by atomic mass is 35.5. The average Bonchev–Trinajstić information content (AvgIpc) is 2.70. The molecule has 1 atom stereocenters. The number of nitrogens with one attached hydrogen (secondary N) is 2. The number of aromatic nitrogens is 2. The van der Waals surface area contributed by atoms with Crippen molar-refractivity contribution in [1.82, 2.24) is 14.9 Å². The maximum atomic E-state index is 12.7. The second-order valence-corrected chi connectivity index (χ2v) is 7.24. The van der Waals surface area contributed by atoms with Crippen LogP contribution in [0.1, 0.15) is 17.4 Å². The Bertz CT molecular complexity index is 1260. The topological polar surface area (TPSA) is 114 Å². The molecule has 0 fully saturated rings. The molecule has 0 spiro atoms. The Labute approximate surface area is 180 Å². The normalized spacial score (nSPS) is 15.0. The Morgan fingerprint density at radius 3 is 2.73 bits per heavy atom. The summed E-state index contributed by atoms with van der Waals surface area (Å²) in [6, 6.07) is 12.5. The zero-order chi connectivity index (χ0) is 21.4. The second kappa shape index (κ2) is 7.77. The molecule has 2 heterocycles. The van der Waals surface area contributed by atoms with Crippen molar-refractivity contribution in [3.8, 4) is 0 Å². The van der Waals surface area contributed by atoms with Gasteiger partial charge in [-0.15, -0.1) is 0 Å². The molecule has 11 heteroatoms. The Kier molecular flexibility index (Phi) is 5.15. The van der Waals surface area contributed by atoms with E-state index in [1.807, 2.05) is 0 Å². The van der Waals surface area contributed by atoms with Gasteiger partial charge in [0.25, 0.3) is 11.2 Å². The molecular formula is C19H14Cl2N6O3. The molecule has 0 radical (unpaired) electrons. The number of hydrogen-bond acceptors (Lipinski definition) is 7. The van der Waals surface area contributed by atoms with Gasteiger partial charge in [0.1, 0.15) is 6.17 Å². The summed E-state index contributed by atoms with van der Waals surface area (Å²) in [4.78, 5) is 32.4. The van der Waals surface area contributed by atoms with Gasteiger partial charge in [-0.25, -0.2) is 4.98 Å². The maximum absolute atomic E-state index is 12.7. The summed E-state index contributed by atoms with van der Waals surface area (Å²) in [7, 11) is 0. The molecule has 0 aliphatic carbocycles. The largest absolute Gasteiger partial charge is 0.331 e. The molecular weight excluding hydrogens is 431 g/mol. The van der Waals surface area contributed by atoms with Crippen LogP contribution in [0.4, 0.5) is 17.3 Å². The Balaban J connectivity index is 1.86. The summed E-state index contributed by atoms with van der Waals surface area (Å²) in [6.07, 6.45) is -0.917. The first-order valence-electron chi connectivity index (χ1n) is 8.75. The van der Waals surface area contributed by atoms with E-state index >= 15 is 0 Å². The lowest BCUT2D eigenvalue weighted by atomic mass is 10.1. The van der Waals surface area contributed by atoms with Crippen molar-refractivity contribution in [2.75, 3.05) is 5.32 Å². The van der Waals surface area contributed by atoms with Gasteiger partial charge in [-0.2, -0.15) is 4.99 Å². The van der Waals surface area contributed by atoms with Crippen molar-refractivity contribution in [1.29, 1.82) is 0 Å². The quantitative estimate of drug-likeness (QED) is 0.465. The molecule has 0 saturated heterocycles. The van der Waals surface area contributed by atoms with Gasteiger partial charge in [0.05, 0.1) is 26.2 Å². The molecule has 30 heavy (non-hydrogen) atoms. The molecule has 0 amide bonds. The molecule has 0 bridgehead atoms. The summed E-state index contributed by atoms with van der Waals surface area (Å²) in [6.45, 7) is 1.67. The van der Waals surface area contributed by atoms with Crippen LogP contribution in [0.25, 0.3) is 0 Å². The molecule has 1 aliphatic rings. The van der Waals surface area contributed by atoms with Gasteiger partial charge in [-0.1, -0.05) is 41.4 Å². The van der Waals surface area contributed by atoms with Crippen molar-refractivity contribution in [2.24, 2.45) is 4.99 Å². The first-order chi connectivity index (χ1) is 14.3. The molecule has 1 aliphatic heterocycles. The number of nitro groups is 1. The van der Waals surface area contributed by atoms with Crippen LogP contribution in [0.5, 0.6) is 0 Å². The van der Waals surface area contributed by atoms with Crippen molar-refractivity contribution in [3.63, 3.8) is 0 Å². The summed E-state index contributed by atoms with van der Waals surface area (Å²) >= 11 is 12.3. The standard InChI is InChI=1S/C19H14Cl2N6O3/c1-10-9-15(28)26-17(11-5-2-3-8-14(11)27(29)30)24-18(25-19(26)22-10)23-13-7-4-6-12(20)16(13)21/h2-9,17H,1H3,(H2,22,23,24,25). The summed E-state index contributed by atoms with van der Waals surface area (Å²) < 4.78 is 1.26. The summed E-state index contributed by atoms with van der Waals surface area (Å²) in [5.74, 6) is 0.308. The number of halogens is 2. The fraction of sp³-hybridized carbons (Fsp3) is 0.105. The van der Waals surface area contributed by atoms with Gasteiger partial charge < -0.3 is 10.6 Å². The molecule has 152 valence electrons.